The van der Waals surface area contributed by atoms with Crippen molar-refractivity contribution in [1.29, 1.82) is 5.26 Å². The van der Waals surface area contributed by atoms with Gasteiger partial charge in [-0.2, -0.15) is 5.26 Å². The van der Waals surface area contributed by atoms with Crippen molar-refractivity contribution in [3.8, 4) is 6.07 Å². The van der Waals surface area contributed by atoms with Crippen molar-refractivity contribution < 1.29 is 0 Å². The van der Waals surface area contributed by atoms with Gasteiger partial charge in [0.25, 0.3) is 0 Å². The zero-order valence-electron chi connectivity index (χ0n) is 12.0. The lowest BCUT2D eigenvalue weighted by Gasteiger charge is -2.30. The summed E-state index contributed by atoms with van der Waals surface area (Å²) in [7, 11) is 0. The molecule has 3 nitrogen and oxygen atoms in total. The van der Waals surface area contributed by atoms with E-state index >= 15 is 0 Å². The molecule has 1 heterocycles. The van der Waals surface area contributed by atoms with Gasteiger partial charge in [-0.15, -0.1) is 0 Å². The molecule has 0 saturated carbocycles. The Morgan fingerprint density at radius 2 is 2.06 bits per heavy atom. The summed E-state index contributed by atoms with van der Waals surface area (Å²) in [5, 5.41) is 12.7. The van der Waals surface area contributed by atoms with Gasteiger partial charge in [0.2, 0.25) is 0 Å². The van der Waals surface area contributed by atoms with E-state index in [2.05, 4.69) is 44.0 Å². The first kappa shape index (κ1) is 14.5. The highest BCUT2D eigenvalue weighted by Crippen LogP contribution is 2.24. The molecule has 1 fully saturated rings. The highest BCUT2D eigenvalue weighted by atomic mass is 15.2. The van der Waals surface area contributed by atoms with Gasteiger partial charge in [0.1, 0.15) is 5.54 Å². The van der Waals surface area contributed by atoms with Crippen LogP contribution in [0.2, 0.25) is 0 Å². The average Bonchev–Trinajstić information content (AvgIpc) is 2.65. The minimum absolute atomic E-state index is 0.350. The second-order valence-electron chi connectivity index (χ2n) is 6.27. The van der Waals surface area contributed by atoms with Gasteiger partial charge in [0.15, 0.2) is 0 Å². The molecule has 1 aliphatic heterocycles. The van der Waals surface area contributed by atoms with Crippen LogP contribution in [0.25, 0.3) is 0 Å². The van der Waals surface area contributed by atoms with Crippen molar-refractivity contribution in [2.24, 2.45) is 11.8 Å². The summed E-state index contributed by atoms with van der Waals surface area (Å²) < 4.78 is 0. The smallest absolute Gasteiger partial charge is 0.116 e. The third kappa shape index (κ3) is 4.29. The van der Waals surface area contributed by atoms with Crippen molar-refractivity contribution in [1.82, 2.24) is 10.2 Å². The molecular weight excluding hydrogens is 210 g/mol. The zero-order chi connectivity index (χ0) is 13.1. The Bertz CT molecular complexity index is 280. The summed E-state index contributed by atoms with van der Waals surface area (Å²) in [5.41, 5.74) is -0.417. The van der Waals surface area contributed by atoms with Crippen LogP contribution in [0.3, 0.4) is 0 Å². The van der Waals surface area contributed by atoms with Crippen LogP contribution in [0.1, 0.15) is 41.0 Å². The van der Waals surface area contributed by atoms with Crippen LogP contribution in [-0.4, -0.2) is 36.1 Å². The second kappa shape index (κ2) is 5.84. The first-order valence-corrected chi connectivity index (χ1v) is 6.77. The fourth-order valence-corrected chi connectivity index (χ4v) is 2.75. The fraction of sp³-hybridized carbons (Fsp3) is 0.929. The molecule has 0 amide bonds. The van der Waals surface area contributed by atoms with Crippen LogP contribution >= 0.6 is 0 Å². The third-order valence-electron chi connectivity index (χ3n) is 3.65. The maximum Gasteiger partial charge on any atom is 0.116 e. The molecule has 1 saturated heterocycles. The summed E-state index contributed by atoms with van der Waals surface area (Å²) in [6.45, 7) is 13.9. The predicted octanol–water partition coefficient (Wildman–Crippen LogP) is 2.24. The minimum Gasteiger partial charge on any atom is -0.300 e. The number of likely N-dealkylation sites (tertiary alicyclic amines) is 1. The van der Waals surface area contributed by atoms with E-state index in [-0.39, 0.29) is 0 Å². The largest absolute Gasteiger partial charge is 0.300 e. The number of hydrogen-bond acceptors (Lipinski definition) is 3. The molecule has 0 aromatic rings. The Morgan fingerprint density at radius 3 is 2.47 bits per heavy atom. The molecule has 2 atom stereocenters. The van der Waals surface area contributed by atoms with E-state index in [1.54, 1.807) is 0 Å². The molecule has 0 radical (unpaired) electrons. The van der Waals surface area contributed by atoms with Gasteiger partial charge < -0.3 is 4.90 Å². The quantitative estimate of drug-likeness (QED) is 0.797. The monoisotopic (exact) mass is 237 g/mol. The summed E-state index contributed by atoms with van der Waals surface area (Å²) in [6.07, 6.45) is 1.28. The van der Waals surface area contributed by atoms with Gasteiger partial charge in [0.05, 0.1) is 6.07 Å². The zero-order valence-corrected chi connectivity index (χ0v) is 12.0. The molecule has 0 aliphatic carbocycles. The van der Waals surface area contributed by atoms with Crippen molar-refractivity contribution in [2.45, 2.75) is 52.6 Å². The molecule has 0 bridgehead atoms. The second-order valence-corrected chi connectivity index (χ2v) is 6.27. The van der Waals surface area contributed by atoms with Crippen LogP contribution in [0, 0.1) is 23.2 Å². The number of nitrogens with one attached hydrogen (secondary N) is 1. The summed E-state index contributed by atoms with van der Waals surface area (Å²) >= 11 is 0. The van der Waals surface area contributed by atoms with Crippen molar-refractivity contribution in [3.63, 3.8) is 0 Å². The van der Waals surface area contributed by atoms with Crippen LogP contribution in [0.5, 0.6) is 0 Å². The Kier molecular flexibility index (Phi) is 4.97. The molecule has 17 heavy (non-hydrogen) atoms. The Balaban J connectivity index is 2.51. The number of nitriles is 1. The van der Waals surface area contributed by atoms with Crippen LogP contribution < -0.4 is 5.32 Å². The molecule has 0 aromatic heterocycles. The highest BCUT2D eigenvalue weighted by molar-refractivity contribution is 5.07. The lowest BCUT2D eigenvalue weighted by atomic mass is 9.95. The summed E-state index contributed by atoms with van der Waals surface area (Å²) in [4.78, 5) is 2.43. The van der Waals surface area contributed by atoms with Gasteiger partial charge in [-0.3, -0.25) is 5.32 Å². The number of hydrogen-bond donors (Lipinski definition) is 1. The first-order chi connectivity index (χ1) is 7.86. The standard InChI is InChI=1S/C14H27N3/c1-11(2)13-6-7-17(8-13)10-14(5,9-15)16-12(3)4/h11-13,16H,6-8,10H2,1-5H3. The van der Waals surface area contributed by atoms with Gasteiger partial charge in [-0.05, 0) is 45.6 Å². The van der Waals surface area contributed by atoms with Crippen molar-refractivity contribution in [3.05, 3.63) is 0 Å². The van der Waals surface area contributed by atoms with E-state index in [9.17, 15) is 5.26 Å². The molecular formula is C14H27N3. The first-order valence-electron chi connectivity index (χ1n) is 6.77. The highest BCUT2D eigenvalue weighted by Gasteiger charge is 2.32. The average molecular weight is 237 g/mol. The molecule has 0 spiro atoms. The molecule has 98 valence electrons. The van der Waals surface area contributed by atoms with E-state index in [0.29, 0.717) is 6.04 Å². The van der Waals surface area contributed by atoms with Gasteiger partial charge in [-0.25, -0.2) is 0 Å². The van der Waals surface area contributed by atoms with Crippen LogP contribution in [0.4, 0.5) is 0 Å². The topological polar surface area (TPSA) is 39.1 Å². The van der Waals surface area contributed by atoms with Gasteiger partial charge >= 0.3 is 0 Å². The van der Waals surface area contributed by atoms with E-state index in [0.717, 1.165) is 31.5 Å². The number of nitrogens with zero attached hydrogens (tertiary/aromatic N) is 2. The SMILES string of the molecule is CC(C)NC(C)(C#N)CN1CCC(C(C)C)C1. The molecule has 1 rings (SSSR count). The summed E-state index contributed by atoms with van der Waals surface area (Å²) in [6, 6.07) is 2.78. The maximum atomic E-state index is 9.33. The van der Waals surface area contributed by atoms with E-state index < -0.39 is 5.54 Å². The summed E-state index contributed by atoms with van der Waals surface area (Å²) in [5.74, 6) is 1.56. The Hall–Kier alpha value is -0.590. The normalized spacial score (nSPS) is 25.2. The van der Waals surface area contributed by atoms with Crippen molar-refractivity contribution >= 4 is 0 Å². The molecule has 1 N–H and O–H groups in total. The van der Waals surface area contributed by atoms with E-state index in [1.165, 1.54) is 6.42 Å². The van der Waals surface area contributed by atoms with E-state index in [4.69, 9.17) is 0 Å². The predicted molar refractivity (Wildman–Crippen MR) is 71.7 cm³/mol. The number of rotatable bonds is 5. The van der Waals surface area contributed by atoms with Crippen LogP contribution in [0.15, 0.2) is 0 Å². The molecule has 3 heteroatoms. The molecule has 0 aromatic carbocycles. The lowest BCUT2D eigenvalue weighted by molar-refractivity contribution is 0.237. The van der Waals surface area contributed by atoms with Gasteiger partial charge in [0, 0.05) is 19.1 Å². The maximum absolute atomic E-state index is 9.33. The Labute approximate surface area is 106 Å². The van der Waals surface area contributed by atoms with E-state index in [1.807, 2.05) is 6.92 Å². The van der Waals surface area contributed by atoms with Crippen LogP contribution in [-0.2, 0) is 0 Å². The third-order valence-corrected chi connectivity index (χ3v) is 3.65. The van der Waals surface area contributed by atoms with Crippen molar-refractivity contribution in [2.75, 3.05) is 19.6 Å². The molecule has 1 aliphatic rings. The lowest BCUT2D eigenvalue weighted by Crippen LogP contribution is -2.52. The molecule has 2 unspecified atom stereocenters. The Morgan fingerprint density at radius 1 is 1.41 bits per heavy atom. The van der Waals surface area contributed by atoms with Gasteiger partial charge in [-0.1, -0.05) is 13.8 Å². The fourth-order valence-electron chi connectivity index (χ4n) is 2.75. The minimum atomic E-state index is -0.417.